The van der Waals surface area contributed by atoms with Crippen molar-refractivity contribution >= 4 is 5.91 Å². The van der Waals surface area contributed by atoms with Crippen molar-refractivity contribution in [2.24, 2.45) is 0 Å². The van der Waals surface area contributed by atoms with Gasteiger partial charge in [0, 0.05) is 37.2 Å². The molecule has 0 unspecified atom stereocenters. The van der Waals surface area contributed by atoms with Gasteiger partial charge in [0.05, 0.1) is 18.9 Å². The van der Waals surface area contributed by atoms with Crippen LogP contribution in [-0.2, 0) is 22.3 Å². The van der Waals surface area contributed by atoms with Crippen LogP contribution in [0.5, 0.6) is 0 Å². The first kappa shape index (κ1) is 16.0. The molecule has 0 N–H and O–H groups in total. The summed E-state index contributed by atoms with van der Waals surface area (Å²) in [6.45, 7) is 2.63. The lowest BCUT2D eigenvalue weighted by molar-refractivity contribution is -0.181. The van der Waals surface area contributed by atoms with Crippen LogP contribution < -0.4 is 0 Å². The molecule has 0 atom stereocenters. The first-order valence-electron chi connectivity index (χ1n) is 9.49. The molecule has 1 amide bonds. The molecule has 1 aromatic heterocycles. The maximum absolute atomic E-state index is 13.2. The van der Waals surface area contributed by atoms with E-state index < -0.39 is 5.79 Å². The van der Waals surface area contributed by atoms with Crippen LogP contribution in [0.4, 0.5) is 0 Å². The first-order chi connectivity index (χ1) is 12.8. The van der Waals surface area contributed by atoms with Gasteiger partial charge in [-0.3, -0.25) is 4.79 Å². The van der Waals surface area contributed by atoms with E-state index in [2.05, 4.69) is 0 Å². The van der Waals surface area contributed by atoms with Crippen LogP contribution in [-0.4, -0.2) is 52.7 Å². The molecule has 3 heterocycles. The summed E-state index contributed by atoms with van der Waals surface area (Å²) in [5, 5.41) is 4.73. The fourth-order valence-corrected chi connectivity index (χ4v) is 4.38. The molecule has 2 aromatic rings. The average molecular weight is 353 g/mol. The Labute approximate surface area is 152 Å². The van der Waals surface area contributed by atoms with Crippen molar-refractivity contribution in [2.75, 3.05) is 26.3 Å². The van der Waals surface area contributed by atoms with Gasteiger partial charge in [0.25, 0.3) is 5.91 Å². The third kappa shape index (κ3) is 2.56. The Morgan fingerprint density at radius 2 is 1.77 bits per heavy atom. The van der Waals surface area contributed by atoms with Crippen LogP contribution in [0.1, 0.15) is 41.0 Å². The zero-order valence-corrected chi connectivity index (χ0v) is 14.8. The molecule has 0 saturated carbocycles. The zero-order valence-electron chi connectivity index (χ0n) is 14.8. The summed E-state index contributed by atoms with van der Waals surface area (Å²) in [6, 6.07) is 10.1. The minimum absolute atomic E-state index is 0.0469. The van der Waals surface area contributed by atoms with E-state index in [1.54, 1.807) is 0 Å². The maximum atomic E-state index is 13.2. The van der Waals surface area contributed by atoms with Crippen molar-refractivity contribution in [1.29, 1.82) is 0 Å². The van der Waals surface area contributed by atoms with Gasteiger partial charge in [-0.15, -0.1) is 0 Å². The van der Waals surface area contributed by atoms with Gasteiger partial charge in [0.2, 0.25) is 0 Å². The summed E-state index contributed by atoms with van der Waals surface area (Å²) in [4.78, 5) is 15.1. The fourth-order valence-electron chi connectivity index (χ4n) is 4.38. The molecule has 5 rings (SSSR count). The number of carbonyl (C=O) groups is 1. The lowest BCUT2D eigenvalue weighted by atomic mass is 10.0. The molecule has 6 heteroatoms. The van der Waals surface area contributed by atoms with Gasteiger partial charge in [-0.2, -0.15) is 5.10 Å². The second-order valence-corrected chi connectivity index (χ2v) is 7.27. The molecule has 2 fully saturated rings. The first-order valence-corrected chi connectivity index (χ1v) is 9.49. The second kappa shape index (κ2) is 6.21. The minimum Gasteiger partial charge on any atom is -0.347 e. The Bertz CT molecular complexity index is 814. The molecule has 136 valence electrons. The van der Waals surface area contributed by atoms with Gasteiger partial charge in [0.15, 0.2) is 11.5 Å². The number of nitrogens with zero attached hydrogens (tertiary/aromatic N) is 3. The van der Waals surface area contributed by atoms with Crippen LogP contribution in [0.15, 0.2) is 30.3 Å². The molecular formula is C20H23N3O3. The molecule has 0 bridgehead atoms. The lowest BCUT2D eigenvalue weighted by Crippen LogP contribution is -2.47. The van der Waals surface area contributed by atoms with Crippen LogP contribution in [0, 0.1) is 0 Å². The Morgan fingerprint density at radius 1 is 1.04 bits per heavy atom. The Balaban J connectivity index is 1.41. The number of rotatable bonds is 2. The normalized spacial score (nSPS) is 21.3. The molecule has 3 aliphatic rings. The molecule has 1 aliphatic carbocycles. The highest BCUT2D eigenvalue weighted by Crippen LogP contribution is 2.33. The number of likely N-dealkylation sites (tertiary alicyclic amines) is 1. The highest BCUT2D eigenvalue weighted by molar-refractivity contribution is 5.94. The number of para-hydroxylation sites is 1. The highest BCUT2D eigenvalue weighted by atomic mass is 16.7. The van der Waals surface area contributed by atoms with Crippen molar-refractivity contribution in [2.45, 2.75) is 37.9 Å². The summed E-state index contributed by atoms with van der Waals surface area (Å²) in [5.41, 5.74) is 3.98. The third-order valence-electron chi connectivity index (χ3n) is 5.76. The van der Waals surface area contributed by atoms with E-state index in [0.29, 0.717) is 32.0 Å². The van der Waals surface area contributed by atoms with Gasteiger partial charge >= 0.3 is 0 Å². The van der Waals surface area contributed by atoms with E-state index >= 15 is 0 Å². The minimum atomic E-state index is -0.456. The quantitative estimate of drug-likeness (QED) is 0.832. The van der Waals surface area contributed by atoms with Crippen molar-refractivity contribution in [3.8, 4) is 5.69 Å². The van der Waals surface area contributed by atoms with Crippen LogP contribution in [0.2, 0.25) is 0 Å². The van der Waals surface area contributed by atoms with Gasteiger partial charge in [-0.1, -0.05) is 18.2 Å². The number of aromatic nitrogens is 2. The van der Waals surface area contributed by atoms with E-state index in [1.807, 2.05) is 39.9 Å². The van der Waals surface area contributed by atoms with E-state index in [1.165, 1.54) is 5.69 Å². The lowest BCUT2D eigenvalue weighted by Gasteiger charge is -2.37. The number of amides is 1. The molecular weight excluding hydrogens is 330 g/mol. The Kier molecular flexibility index (Phi) is 3.83. The van der Waals surface area contributed by atoms with Crippen molar-refractivity contribution in [3.05, 3.63) is 47.3 Å². The van der Waals surface area contributed by atoms with Crippen LogP contribution in [0.3, 0.4) is 0 Å². The Hall–Kier alpha value is -2.18. The summed E-state index contributed by atoms with van der Waals surface area (Å²) < 4.78 is 13.5. The van der Waals surface area contributed by atoms with Crippen LogP contribution >= 0.6 is 0 Å². The topological polar surface area (TPSA) is 56.6 Å². The number of fused-ring (bicyclic) bond motifs is 1. The van der Waals surface area contributed by atoms with E-state index in [9.17, 15) is 4.79 Å². The molecule has 26 heavy (non-hydrogen) atoms. The van der Waals surface area contributed by atoms with Crippen molar-refractivity contribution in [3.63, 3.8) is 0 Å². The van der Waals surface area contributed by atoms with Gasteiger partial charge in [-0.25, -0.2) is 4.68 Å². The largest absolute Gasteiger partial charge is 0.347 e. The van der Waals surface area contributed by atoms with E-state index in [-0.39, 0.29) is 5.91 Å². The van der Waals surface area contributed by atoms with Gasteiger partial charge in [-0.05, 0) is 31.4 Å². The van der Waals surface area contributed by atoms with E-state index in [4.69, 9.17) is 14.6 Å². The third-order valence-corrected chi connectivity index (χ3v) is 5.76. The average Bonchev–Trinajstić information content (AvgIpc) is 3.40. The zero-order chi connectivity index (χ0) is 17.6. The maximum Gasteiger partial charge on any atom is 0.274 e. The second-order valence-electron chi connectivity index (χ2n) is 7.27. The molecule has 6 nitrogen and oxygen atoms in total. The summed E-state index contributed by atoms with van der Waals surface area (Å²) in [6.07, 6.45) is 4.48. The Morgan fingerprint density at radius 3 is 2.50 bits per heavy atom. The summed E-state index contributed by atoms with van der Waals surface area (Å²) in [7, 11) is 0. The van der Waals surface area contributed by atoms with Crippen molar-refractivity contribution in [1.82, 2.24) is 14.7 Å². The number of hydrogen-bond donors (Lipinski definition) is 0. The number of carbonyl (C=O) groups excluding carboxylic acids is 1. The van der Waals surface area contributed by atoms with E-state index in [0.717, 1.165) is 43.4 Å². The van der Waals surface area contributed by atoms with Gasteiger partial charge in [0.1, 0.15) is 0 Å². The number of piperidine rings is 1. The SMILES string of the molecule is O=C(c1nn(-c2ccccc2)c2c1CCC2)N1CCC2(CC1)OCCO2. The van der Waals surface area contributed by atoms with Gasteiger partial charge < -0.3 is 14.4 Å². The molecule has 2 saturated heterocycles. The molecule has 2 aliphatic heterocycles. The summed E-state index contributed by atoms with van der Waals surface area (Å²) in [5.74, 6) is -0.409. The number of ether oxygens (including phenoxy) is 2. The predicted octanol–water partition coefficient (Wildman–Crippen LogP) is 2.34. The number of hydrogen-bond acceptors (Lipinski definition) is 4. The molecule has 0 radical (unpaired) electrons. The standard InChI is InChI=1S/C20H23N3O3/c24-19(22-11-9-20(10-12-22)25-13-14-26-20)18-16-7-4-8-17(16)23(21-18)15-5-2-1-3-6-15/h1-3,5-6H,4,7-14H2. The van der Waals surface area contributed by atoms with Crippen molar-refractivity contribution < 1.29 is 14.3 Å². The molecule has 1 spiro atoms. The summed E-state index contributed by atoms with van der Waals surface area (Å²) >= 11 is 0. The monoisotopic (exact) mass is 353 g/mol. The highest BCUT2D eigenvalue weighted by Gasteiger charge is 2.41. The predicted molar refractivity (Wildman–Crippen MR) is 95.4 cm³/mol. The smallest absolute Gasteiger partial charge is 0.274 e. The number of benzene rings is 1. The molecule has 1 aromatic carbocycles. The van der Waals surface area contributed by atoms with Crippen LogP contribution in [0.25, 0.3) is 5.69 Å². The fraction of sp³-hybridized carbons (Fsp3) is 0.500.